The van der Waals surface area contributed by atoms with Gasteiger partial charge < -0.3 is 75.8 Å². The number of hydrogen-bond acceptors (Lipinski definition) is 18. The van der Waals surface area contributed by atoms with E-state index in [4.69, 9.17) is 75.8 Å². The third-order valence-corrected chi connectivity index (χ3v) is 13.6. The predicted molar refractivity (Wildman–Crippen MR) is 323 cm³/mol. The molecule has 0 saturated carbocycles. The van der Waals surface area contributed by atoms with E-state index in [0.29, 0.717) is 120 Å². The second-order valence-electron chi connectivity index (χ2n) is 17.2. The van der Waals surface area contributed by atoms with Crippen molar-refractivity contribution in [2.45, 2.75) is 12.8 Å². The van der Waals surface area contributed by atoms with E-state index in [-0.39, 0.29) is 11.6 Å². The van der Waals surface area contributed by atoms with Gasteiger partial charge in [0.1, 0.15) is 0 Å². The largest absolute Gasteiger partial charge is 0.493 e. The molecule has 19 heteroatoms. The summed E-state index contributed by atoms with van der Waals surface area (Å²) in [6.45, 7) is 0. The Morgan fingerprint density at radius 3 is 0.976 bits per heavy atom. The number of hydrogen-bond donors (Lipinski definition) is 0. The number of allylic oxidation sites excluding steroid dienone is 4. The lowest BCUT2D eigenvalue weighted by Gasteiger charge is -2.16. The van der Waals surface area contributed by atoms with E-state index in [1.54, 1.807) is 101 Å². The fraction of sp³-hybridized carbons (Fsp3) is 0.281. The lowest BCUT2D eigenvalue weighted by atomic mass is 10.00. The van der Waals surface area contributed by atoms with Crippen molar-refractivity contribution in [3.05, 3.63) is 140 Å². The van der Waals surface area contributed by atoms with Crippen LogP contribution < -0.4 is 75.8 Å². The molecule has 0 heterocycles. The smallest absolute Gasteiger partial charge is 0.204 e. The third kappa shape index (κ3) is 15.3. The van der Waals surface area contributed by atoms with Crippen molar-refractivity contribution >= 4 is 51.8 Å². The molecule has 6 aromatic carbocycles. The molecule has 0 amide bonds. The summed E-state index contributed by atoms with van der Waals surface area (Å²) in [7, 11) is 24.7. The highest BCUT2D eigenvalue weighted by atomic mass is 79.9. The normalized spacial score (nSPS) is 11.0. The van der Waals surface area contributed by atoms with E-state index in [2.05, 4.69) is 15.9 Å². The molecule has 0 aliphatic rings. The van der Waals surface area contributed by atoms with Crippen LogP contribution in [0.15, 0.2) is 95.5 Å². The lowest BCUT2D eigenvalue weighted by molar-refractivity contribution is 0.103. The van der Waals surface area contributed by atoms with E-state index in [9.17, 15) is 9.59 Å². The Bertz CT molecular complexity index is 3270. The van der Waals surface area contributed by atoms with Gasteiger partial charge in [-0.25, -0.2) is 0 Å². The second-order valence-corrected chi connectivity index (χ2v) is 18.0. The minimum absolute atomic E-state index is 0.222. The molecule has 18 nitrogen and oxygen atoms in total. The highest BCUT2D eigenvalue weighted by molar-refractivity contribution is 9.10. The Labute approximate surface area is 493 Å². The first-order chi connectivity index (χ1) is 40.2. The number of rotatable bonds is 28. The third-order valence-electron chi connectivity index (χ3n) is 12.8. The molecule has 0 aliphatic carbocycles. The van der Waals surface area contributed by atoms with Gasteiger partial charge in [-0.3, -0.25) is 9.59 Å². The van der Waals surface area contributed by atoms with Gasteiger partial charge in [0.15, 0.2) is 80.6 Å². The molecule has 0 N–H and O–H groups in total. The van der Waals surface area contributed by atoms with Gasteiger partial charge >= 0.3 is 0 Å². The molecule has 0 atom stereocenters. The summed E-state index contributed by atoms with van der Waals surface area (Å²) >= 11 is 3.47. The number of halogens is 1. The summed E-state index contributed by atoms with van der Waals surface area (Å²) in [5.41, 5.74) is 5.85. The van der Waals surface area contributed by atoms with Gasteiger partial charge in [0.05, 0.1) is 118 Å². The predicted octanol–water partition coefficient (Wildman–Crippen LogP) is 12.6. The monoisotopic (exact) mass is 1210 g/mol. The first-order valence-corrected chi connectivity index (χ1v) is 26.1. The van der Waals surface area contributed by atoms with E-state index >= 15 is 0 Å². The van der Waals surface area contributed by atoms with Crippen LogP contribution >= 0.6 is 15.9 Å². The van der Waals surface area contributed by atoms with E-state index in [1.807, 2.05) is 72.8 Å². The molecule has 0 bridgehead atoms. The summed E-state index contributed by atoms with van der Waals surface area (Å²) in [5.74, 6) is 7.38. The molecule has 0 aliphatic heterocycles. The first-order valence-electron chi connectivity index (χ1n) is 25.3. The summed E-state index contributed by atoms with van der Waals surface area (Å²) in [4.78, 5) is 26.3. The number of carbonyl (C=O) groups is 2. The minimum Gasteiger partial charge on any atom is -0.493 e. The van der Waals surface area contributed by atoms with Crippen molar-refractivity contribution in [3.63, 3.8) is 0 Å². The molecular formula is C64H71BrO18. The van der Waals surface area contributed by atoms with Crippen molar-refractivity contribution in [2.75, 3.05) is 114 Å². The second kappa shape index (κ2) is 31.8. The maximum Gasteiger partial charge on any atom is 0.204 e. The van der Waals surface area contributed by atoms with Crippen molar-refractivity contribution in [1.29, 1.82) is 0 Å². The molecule has 83 heavy (non-hydrogen) atoms. The van der Waals surface area contributed by atoms with Crippen LogP contribution in [0, 0.1) is 0 Å². The molecular weight excluding hydrogens is 1140 g/mol. The number of ether oxygens (including phenoxy) is 16. The Hall–Kier alpha value is -9.10. The van der Waals surface area contributed by atoms with Crippen molar-refractivity contribution in [2.24, 2.45) is 0 Å². The topological polar surface area (TPSA) is 182 Å². The van der Waals surface area contributed by atoms with Gasteiger partial charge in [-0.2, -0.15) is 0 Å². The first kappa shape index (κ1) is 64.7. The summed E-state index contributed by atoms with van der Waals surface area (Å²) in [6, 6.07) is 19.8. The van der Waals surface area contributed by atoms with Crippen LogP contribution in [-0.4, -0.2) is 125 Å². The molecule has 0 radical (unpaired) electrons. The molecule has 0 unspecified atom stereocenters. The molecule has 0 aromatic heterocycles. The fourth-order valence-electron chi connectivity index (χ4n) is 8.79. The van der Waals surface area contributed by atoms with Gasteiger partial charge in [-0.1, -0.05) is 48.6 Å². The zero-order valence-corrected chi connectivity index (χ0v) is 51.2. The van der Waals surface area contributed by atoms with Crippen LogP contribution in [-0.2, 0) is 12.8 Å². The van der Waals surface area contributed by atoms with Crippen LogP contribution in [0.25, 0.3) is 24.3 Å². The minimum atomic E-state index is -0.252. The zero-order chi connectivity index (χ0) is 60.8. The van der Waals surface area contributed by atoms with Crippen molar-refractivity contribution < 1.29 is 85.4 Å². The highest BCUT2D eigenvalue weighted by Gasteiger charge is 2.23. The van der Waals surface area contributed by atoms with Crippen molar-refractivity contribution in [1.82, 2.24) is 0 Å². The van der Waals surface area contributed by atoms with E-state index in [1.165, 1.54) is 54.8 Å². The number of carbonyl (C=O) groups excluding carboxylic acids is 2. The van der Waals surface area contributed by atoms with E-state index < -0.39 is 0 Å². The zero-order valence-electron chi connectivity index (χ0n) is 49.6. The van der Waals surface area contributed by atoms with Gasteiger partial charge in [-0.05, 0) is 118 Å². The summed E-state index contributed by atoms with van der Waals surface area (Å²) < 4.78 is 88.1. The Morgan fingerprint density at radius 1 is 0.337 bits per heavy atom. The van der Waals surface area contributed by atoms with Gasteiger partial charge in [0, 0.05) is 22.3 Å². The van der Waals surface area contributed by atoms with Crippen molar-refractivity contribution in [3.8, 4) is 92.0 Å². The standard InChI is InChI=1S/C32H35BrO9.C32H36O9/c1-35-24-15-14-20(13-12-19-16-25(36-2)30(40-6)26(17-19)37-3)21(29(24)39-5)10-9-11-23(34)22-18-27(38-4)31(41-7)32(42-8)28(22)33;1-34-25-15-14-21(13-12-20-16-26(35-2)31(40-7)27(17-20)36-3)23(30(25)39-6)10-9-11-24(33)22-18-28(37-4)32(41-8)29(19-22)38-5/h9,11-18H,10H2,1-8H3;9,11-19H,10H2,1-8H3/b2*11-9-,13-12-. The molecule has 0 spiro atoms. The average Bonchev–Trinajstić information content (AvgIpc) is 3.53. The Balaban J connectivity index is 0.000000304. The quantitative estimate of drug-likeness (QED) is 0.0257. The molecule has 0 fully saturated rings. The average molecular weight is 1210 g/mol. The summed E-state index contributed by atoms with van der Waals surface area (Å²) in [5, 5.41) is 0. The van der Waals surface area contributed by atoms with Crippen LogP contribution in [0.4, 0.5) is 0 Å². The highest BCUT2D eigenvalue weighted by Crippen LogP contribution is 2.46. The van der Waals surface area contributed by atoms with Gasteiger partial charge in [0.25, 0.3) is 0 Å². The number of methoxy groups -OCH3 is 16. The molecule has 442 valence electrons. The Kier molecular flexibility index (Phi) is 24.8. The maximum atomic E-state index is 13.3. The Morgan fingerprint density at radius 2 is 0.651 bits per heavy atom. The molecule has 6 aromatic rings. The number of benzene rings is 6. The molecule has 6 rings (SSSR count). The number of ketones is 2. The van der Waals surface area contributed by atoms with Crippen LogP contribution in [0.5, 0.6) is 92.0 Å². The SMILES string of the molecule is COc1cc(/C=C\c2ccc(OC)c(OC)c2C/C=C\C(=O)c2cc(OC)c(OC)c(OC)c2)cc(OC)c1OC.COc1cc(/C=C\c2ccc(OC)c(OC)c2C/C=C\C(=O)c2cc(OC)c(OC)c(OC)c2Br)cc(OC)c1OC. The summed E-state index contributed by atoms with van der Waals surface area (Å²) in [6.07, 6.45) is 15.1. The maximum absolute atomic E-state index is 13.3. The van der Waals surface area contributed by atoms with Crippen LogP contribution in [0.1, 0.15) is 54.1 Å². The van der Waals surface area contributed by atoms with E-state index in [0.717, 1.165) is 33.4 Å². The molecule has 0 saturated heterocycles. The van der Waals surface area contributed by atoms with Crippen LogP contribution in [0.3, 0.4) is 0 Å². The van der Waals surface area contributed by atoms with Gasteiger partial charge in [-0.15, -0.1) is 0 Å². The lowest BCUT2D eigenvalue weighted by Crippen LogP contribution is -2.03. The fourth-order valence-corrected chi connectivity index (χ4v) is 9.44. The van der Waals surface area contributed by atoms with Crippen LogP contribution in [0.2, 0.25) is 0 Å². The van der Waals surface area contributed by atoms with Gasteiger partial charge in [0.2, 0.25) is 23.0 Å².